The number of rotatable bonds is 8. The Bertz CT molecular complexity index is 910. The number of carbonyl (C=O) groups is 1. The number of aliphatic hydroxyl groups excluding tert-OH is 1. The summed E-state index contributed by atoms with van der Waals surface area (Å²) in [6, 6.07) is 11.8. The highest BCUT2D eigenvalue weighted by Crippen LogP contribution is 2.23. The van der Waals surface area contributed by atoms with Crippen LogP contribution < -0.4 is 5.32 Å². The van der Waals surface area contributed by atoms with Gasteiger partial charge in [0, 0.05) is 26.3 Å². The van der Waals surface area contributed by atoms with E-state index in [1.54, 1.807) is 0 Å². The Morgan fingerprint density at radius 2 is 1.93 bits per heavy atom. The molecule has 0 bridgehead atoms. The molecule has 2 aromatic rings. The van der Waals surface area contributed by atoms with E-state index < -0.39 is 16.0 Å². The fourth-order valence-electron chi connectivity index (χ4n) is 2.44. The van der Waals surface area contributed by atoms with Gasteiger partial charge in [-0.25, -0.2) is 17.5 Å². The van der Waals surface area contributed by atoms with Crippen LogP contribution in [0.15, 0.2) is 47.4 Å². The minimum Gasteiger partial charge on any atom is -0.457 e. The van der Waals surface area contributed by atoms with E-state index in [0.29, 0.717) is 5.69 Å². The van der Waals surface area contributed by atoms with Crippen LogP contribution in [-0.4, -0.2) is 51.0 Å². The van der Waals surface area contributed by atoms with E-state index in [4.69, 9.17) is 9.84 Å². The van der Waals surface area contributed by atoms with Crippen molar-refractivity contribution in [2.24, 2.45) is 0 Å². The summed E-state index contributed by atoms with van der Waals surface area (Å²) < 4.78 is 31.2. The van der Waals surface area contributed by atoms with Crippen molar-refractivity contribution in [2.75, 3.05) is 32.6 Å². The molecular formula is C19H24N2O5S. The van der Waals surface area contributed by atoms with Gasteiger partial charge in [-0.15, -0.1) is 0 Å². The third kappa shape index (κ3) is 5.29. The molecule has 0 fully saturated rings. The summed E-state index contributed by atoms with van der Waals surface area (Å²) in [7, 11) is -0.855. The first-order valence-electron chi connectivity index (χ1n) is 8.39. The number of hydrogen-bond donors (Lipinski definition) is 2. The number of carbonyl (C=O) groups excluding carboxylic acids is 1. The Balaban J connectivity index is 2.31. The van der Waals surface area contributed by atoms with E-state index in [0.717, 1.165) is 15.4 Å². The molecule has 0 radical (unpaired) electrons. The lowest BCUT2D eigenvalue weighted by molar-refractivity contribution is 0.0473. The van der Waals surface area contributed by atoms with E-state index in [1.165, 1.54) is 32.3 Å². The predicted octanol–water partition coefficient (Wildman–Crippen LogP) is 2.01. The number of ether oxygens (including phenoxy) is 1. The SMILES string of the molecule is Cc1cccc(COC(=O)c2cc(S(=O)(=O)N(C)C)ccc2NCCO)c1. The standard InChI is InChI=1S/C19H24N2O5S/c1-14-5-4-6-15(11-14)13-26-19(23)17-12-16(27(24,25)21(2)3)7-8-18(17)20-9-10-22/h4-8,11-12,20,22H,9-10,13H2,1-3H3. The summed E-state index contributed by atoms with van der Waals surface area (Å²) in [5, 5.41) is 11.9. The van der Waals surface area contributed by atoms with Gasteiger partial charge in [-0.2, -0.15) is 0 Å². The fraction of sp³-hybridized carbons (Fsp3) is 0.316. The topological polar surface area (TPSA) is 95.9 Å². The third-order valence-corrected chi connectivity index (χ3v) is 5.68. The summed E-state index contributed by atoms with van der Waals surface area (Å²) >= 11 is 0. The van der Waals surface area contributed by atoms with Crippen molar-refractivity contribution < 1.29 is 23.1 Å². The molecule has 0 heterocycles. The zero-order chi connectivity index (χ0) is 20.0. The first kappa shape index (κ1) is 20.9. The molecule has 0 unspecified atom stereocenters. The van der Waals surface area contributed by atoms with Gasteiger partial charge in [0.05, 0.1) is 17.1 Å². The van der Waals surface area contributed by atoms with Gasteiger partial charge in [0.2, 0.25) is 10.0 Å². The van der Waals surface area contributed by atoms with Gasteiger partial charge in [0.1, 0.15) is 6.61 Å². The van der Waals surface area contributed by atoms with Gasteiger partial charge >= 0.3 is 5.97 Å². The van der Waals surface area contributed by atoms with Gasteiger partial charge in [-0.3, -0.25) is 0 Å². The minimum absolute atomic E-state index is 0.00967. The minimum atomic E-state index is -3.69. The van der Waals surface area contributed by atoms with Gasteiger partial charge in [-0.1, -0.05) is 29.8 Å². The molecule has 2 N–H and O–H groups in total. The second-order valence-electron chi connectivity index (χ2n) is 6.21. The summed E-state index contributed by atoms with van der Waals surface area (Å²) in [4.78, 5) is 12.6. The van der Waals surface area contributed by atoms with Crippen molar-refractivity contribution in [2.45, 2.75) is 18.4 Å². The number of nitrogens with one attached hydrogen (secondary N) is 1. The summed E-state index contributed by atoms with van der Waals surface area (Å²) in [6.45, 7) is 2.11. The highest BCUT2D eigenvalue weighted by Gasteiger charge is 2.22. The third-order valence-electron chi connectivity index (χ3n) is 3.87. The monoisotopic (exact) mass is 392 g/mol. The molecule has 0 saturated heterocycles. The second-order valence-corrected chi connectivity index (χ2v) is 8.36. The smallest absolute Gasteiger partial charge is 0.340 e. The van der Waals surface area contributed by atoms with Crippen LogP contribution in [0.2, 0.25) is 0 Å². The van der Waals surface area contributed by atoms with E-state index in [9.17, 15) is 13.2 Å². The fourth-order valence-corrected chi connectivity index (χ4v) is 3.37. The molecule has 2 aromatic carbocycles. The van der Waals surface area contributed by atoms with Crippen LogP contribution in [0, 0.1) is 6.92 Å². The van der Waals surface area contributed by atoms with Gasteiger partial charge in [-0.05, 0) is 30.7 Å². The quantitative estimate of drug-likeness (QED) is 0.667. The van der Waals surface area contributed by atoms with Crippen molar-refractivity contribution in [3.63, 3.8) is 0 Å². The van der Waals surface area contributed by atoms with Crippen LogP contribution in [0.4, 0.5) is 5.69 Å². The molecular weight excluding hydrogens is 368 g/mol. The first-order valence-corrected chi connectivity index (χ1v) is 9.83. The van der Waals surface area contributed by atoms with Crippen molar-refractivity contribution in [1.29, 1.82) is 0 Å². The Hall–Kier alpha value is -2.42. The average molecular weight is 392 g/mol. The number of hydrogen-bond acceptors (Lipinski definition) is 6. The summed E-state index contributed by atoms with van der Waals surface area (Å²) in [5.41, 5.74) is 2.38. The number of anilines is 1. The maximum absolute atomic E-state index is 12.6. The lowest BCUT2D eigenvalue weighted by Gasteiger charge is -2.15. The Kier molecular flexibility index (Phi) is 6.95. The molecule has 0 aliphatic rings. The van der Waals surface area contributed by atoms with Crippen molar-refractivity contribution in [3.05, 3.63) is 59.2 Å². The largest absolute Gasteiger partial charge is 0.457 e. The molecule has 2 rings (SSSR count). The average Bonchev–Trinajstić information content (AvgIpc) is 2.64. The zero-order valence-electron chi connectivity index (χ0n) is 15.6. The highest BCUT2D eigenvalue weighted by atomic mass is 32.2. The number of esters is 1. The number of nitrogens with zero attached hydrogens (tertiary/aromatic N) is 1. The van der Waals surface area contributed by atoms with Crippen LogP contribution in [0.5, 0.6) is 0 Å². The number of benzene rings is 2. The van der Waals surface area contributed by atoms with Crippen LogP contribution in [0.1, 0.15) is 21.5 Å². The second kappa shape index (κ2) is 8.98. The molecule has 146 valence electrons. The molecule has 8 heteroatoms. The van der Waals surface area contributed by atoms with Crippen molar-refractivity contribution in [1.82, 2.24) is 4.31 Å². The Morgan fingerprint density at radius 3 is 2.56 bits per heavy atom. The van der Waals surface area contributed by atoms with E-state index in [-0.39, 0.29) is 30.2 Å². The normalized spacial score (nSPS) is 11.4. The lowest BCUT2D eigenvalue weighted by atomic mass is 10.1. The van der Waals surface area contributed by atoms with E-state index in [1.807, 2.05) is 31.2 Å². The molecule has 0 aliphatic carbocycles. The summed E-state index contributed by atoms with van der Waals surface area (Å²) in [5.74, 6) is -0.646. The zero-order valence-corrected chi connectivity index (χ0v) is 16.4. The Morgan fingerprint density at radius 1 is 1.19 bits per heavy atom. The molecule has 0 aromatic heterocycles. The van der Waals surface area contributed by atoms with Gasteiger partial charge in [0.25, 0.3) is 0 Å². The number of sulfonamides is 1. The van der Waals surface area contributed by atoms with Crippen LogP contribution in [-0.2, 0) is 21.4 Å². The van der Waals surface area contributed by atoms with E-state index in [2.05, 4.69) is 5.32 Å². The molecule has 0 saturated carbocycles. The molecule has 7 nitrogen and oxygen atoms in total. The van der Waals surface area contributed by atoms with Crippen molar-refractivity contribution >= 4 is 21.7 Å². The molecule has 0 spiro atoms. The summed E-state index contributed by atoms with van der Waals surface area (Å²) in [6.07, 6.45) is 0. The highest BCUT2D eigenvalue weighted by molar-refractivity contribution is 7.89. The molecule has 0 amide bonds. The van der Waals surface area contributed by atoms with Gasteiger partial charge in [0.15, 0.2) is 0 Å². The molecule has 0 aliphatic heterocycles. The number of aliphatic hydroxyl groups is 1. The Labute approximate surface area is 159 Å². The lowest BCUT2D eigenvalue weighted by Crippen LogP contribution is -2.23. The predicted molar refractivity (Wildman–Crippen MR) is 103 cm³/mol. The maximum atomic E-state index is 12.6. The van der Waals surface area contributed by atoms with Crippen LogP contribution in [0.3, 0.4) is 0 Å². The first-order chi connectivity index (χ1) is 12.8. The van der Waals surface area contributed by atoms with Crippen LogP contribution >= 0.6 is 0 Å². The van der Waals surface area contributed by atoms with E-state index >= 15 is 0 Å². The van der Waals surface area contributed by atoms with Gasteiger partial charge < -0.3 is 15.2 Å². The molecule has 27 heavy (non-hydrogen) atoms. The number of aryl methyl sites for hydroxylation is 1. The maximum Gasteiger partial charge on any atom is 0.340 e. The van der Waals surface area contributed by atoms with Crippen molar-refractivity contribution in [3.8, 4) is 0 Å². The van der Waals surface area contributed by atoms with Crippen LogP contribution in [0.25, 0.3) is 0 Å². The molecule has 0 atom stereocenters.